The van der Waals surface area contributed by atoms with E-state index in [1.54, 1.807) is 37.3 Å². The van der Waals surface area contributed by atoms with Gasteiger partial charge in [-0.1, -0.05) is 29.8 Å². The maximum Gasteiger partial charge on any atom is 0.279 e. The van der Waals surface area contributed by atoms with Crippen molar-refractivity contribution in [2.75, 3.05) is 0 Å². The zero-order valence-electron chi connectivity index (χ0n) is 12.7. The molecule has 0 saturated carbocycles. The van der Waals surface area contributed by atoms with Crippen LogP contribution in [0.5, 0.6) is 5.75 Å². The first-order valence-electron chi connectivity index (χ1n) is 6.80. The minimum atomic E-state index is -0.771. The lowest BCUT2D eigenvalue weighted by molar-refractivity contribution is -0.127. The molecule has 1 amide bonds. The van der Waals surface area contributed by atoms with Gasteiger partial charge in [-0.3, -0.25) is 15.6 Å². The van der Waals surface area contributed by atoms with Gasteiger partial charge in [0.25, 0.3) is 5.91 Å². The summed E-state index contributed by atoms with van der Waals surface area (Å²) in [6, 6.07) is 8.34. The molecule has 0 bridgehead atoms. The zero-order valence-corrected chi connectivity index (χ0v) is 14.2. The number of carbonyl (C=O) groups excluding carboxylic acids is 1. The second-order valence-electron chi connectivity index (χ2n) is 4.84. The molecule has 5 nitrogen and oxygen atoms in total. The third kappa shape index (κ3) is 4.68. The van der Waals surface area contributed by atoms with Crippen molar-refractivity contribution in [3.63, 3.8) is 0 Å². The van der Waals surface area contributed by atoms with Crippen molar-refractivity contribution in [3.05, 3.63) is 58.5 Å². The average molecular weight is 355 g/mol. The van der Waals surface area contributed by atoms with Gasteiger partial charge in [0, 0.05) is 5.02 Å². The van der Waals surface area contributed by atoms with Gasteiger partial charge in [-0.25, -0.2) is 0 Å². The highest BCUT2D eigenvalue weighted by Crippen LogP contribution is 2.28. The molecule has 7 heteroatoms. The van der Waals surface area contributed by atoms with E-state index in [1.165, 1.54) is 0 Å². The molecule has 0 fully saturated rings. The van der Waals surface area contributed by atoms with Gasteiger partial charge >= 0.3 is 0 Å². The van der Waals surface area contributed by atoms with Crippen LogP contribution >= 0.6 is 23.2 Å². The Morgan fingerprint density at radius 1 is 1.26 bits per heavy atom. The third-order valence-corrected chi connectivity index (χ3v) is 3.47. The summed E-state index contributed by atoms with van der Waals surface area (Å²) in [6.07, 6.45) is -0.771. The molecule has 0 saturated heterocycles. The Labute approximate surface area is 144 Å². The number of ether oxygens (including phenoxy) is 1. The minimum Gasteiger partial charge on any atom is -0.479 e. The highest BCUT2D eigenvalue weighted by molar-refractivity contribution is 6.35. The molecule has 122 valence electrons. The summed E-state index contributed by atoms with van der Waals surface area (Å²) >= 11 is 11.8. The van der Waals surface area contributed by atoms with Crippen molar-refractivity contribution >= 4 is 34.8 Å². The number of halogens is 2. The fourth-order valence-electron chi connectivity index (χ4n) is 1.71. The van der Waals surface area contributed by atoms with E-state index < -0.39 is 6.10 Å². The van der Waals surface area contributed by atoms with E-state index in [1.807, 2.05) is 6.92 Å². The lowest BCUT2D eigenvalue weighted by Gasteiger charge is -2.16. The Bertz CT molecular complexity index is 728. The number of benzene rings is 1. The third-order valence-electron chi connectivity index (χ3n) is 2.94. The summed E-state index contributed by atoms with van der Waals surface area (Å²) in [4.78, 5) is 12.0. The van der Waals surface area contributed by atoms with E-state index >= 15 is 0 Å². The van der Waals surface area contributed by atoms with Crippen LogP contribution in [-0.2, 0) is 4.79 Å². The van der Waals surface area contributed by atoms with Crippen LogP contribution in [0.2, 0.25) is 10.0 Å². The predicted molar refractivity (Wildman–Crippen MR) is 90.3 cm³/mol. The van der Waals surface area contributed by atoms with E-state index in [0.717, 1.165) is 5.76 Å². The maximum absolute atomic E-state index is 12.0. The molecule has 0 aliphatic heterocycles. The first kappa shape index (κ1) is 17.2. The van der Waals surface area contributed by atoms with E-state index in [0.29, 0.717) is 27.3 Å². The number of carbonyl (C=O) groups is 1. The summed E-state index contributed by atoms with van der Waals surface area (Å²) in [5.74, 6) is 1.28. The predicted octanol–water partition coefficient (Wildman–Crippen LogP) is 3.95. The van der Waals surface area contributed by atoms with Gasteiger partial charge in [-0.05, 0) is 44.2 Å². The lowest BCUT2D eigenvalue weighted by Crippen LogP contribution is -2.43. The topological polar surface area (TPSA) is 63.5 Å². The van der Waals surface area contributed by atoms with Crippen molar-refractivity contribution in [2.24, 2.45) is 0 Å². The fourth-order valence-corrected chi connectivity index (χ4v) is 2.16. The van der Waals surface area contributed by atoms with Crippen molar-refractivity contribution in [3.8, 4) is 5.75 Å². The number of amides is 1. The minimum absolute atomic E-state index is 0.334. The van der Waals surface area contributed by atoms with Gasteiger partial charge in [0.05, 0.1) is 10.7 Å². The summed E-state index contributed by atoms with van der Waals surface area (Å²) in [6.45, 7) is 7.20. The Kier molecular flexibility index (Phi) is 5.58. The summed E-state index contributed by atoms with van der Waals surface area (Å²) in [7, 11) is 0. The summed E-state index contributed by atoms with van der Waals surface area (Å²) in [5.41, 5.74) is 5.61. The Balaban J connectivity index is 1.88. The summed E-state index contributed by atoms with van der Waals surface area (Å²) < 4.78 is 10.9. The molecule has 1 aromatic heterocycles. The van der Waals surface area contributed by atoms with Crippen molar-refractivity contribution < 1.29 is 13.9 Å². The fraction of sp³-hybridized carbons (Fsp3) is 0.188. The summed E-state index contributed by atoms with van der Waals surface area (Å²) in [5, 5.41) is 0.826. The standard InChI is InChI=1S/C16H16Cl2N2O3/c1-9-4-6-14(22-9)10(2)19-20-16(21)11(3)23-15-7-5-12(17)8-13(15)18/h4-8,11,19H,2H2,1,3H3,(H,20,21)/t11-/m0/s1. The van der Waals surface area contributed by atoms with Crippen LogP contribution in [0.1, 0.15) is 18.4 Å². The number of furan rings is 1. The quantitative estimate of drug-likeness (QED) is 0.770. The Morgan fingerprint density at radius 3 is 2.61 bits per heavy atom. The molecule has 0 radical (unpaired) electrons. The smallest absolute Gasteiger partial charge is 0.279 e. The van der Waals surface area contributed by atoms with Gasteiger partial charge < -0.3 is 9.15 Å². The second kappa shape index (κ2) is 7.44. The van der Waals surface area contributed by atoms with Crippen LogP contribution in [0.15, 0.2) is 41.3 Å². The number of hydrogen-bond acceptors (Lipinski definition) is 4. The number of nitrogens with one attached hydrogen (secondary N) is 2. The van der Waals surface area contributed by atoms with Crippen molar-refractivity contribution in [1.82, 2.24) is 10.9 Å². The molecule has 2 aromatic rings. The molecule has 0 aliphatic carbocycles. The second-order valence-corrected chi connectivity index (χ2v) is 5.68. The Morgan fingerprint density at radius 2 is 2.00 bits per heavy atom. The van der Waals surface area contributed by atoms with Gasteiger partial charge in [0.15, 0.2) is 11.9 Å². The van der Waals surface area contributed by atoms with Gasteiger partial charge in [-0.2, -0.15) is 0 Å². The molecule has 1 aromatic carbocycles. The average Bonchev–Trinajstić information content (AvgIpc) is 2.93. The molecule has 2 rings (SSSR count). The number of aryl methyl sites for hydroxylation is 1. The lowest BCUT2D eigenvalue weighted by atomic mass is 10.3. The van der Waals surface area contributed by atoms with Crippen molar-refractivity contribution in [2.45, 2.75) is 20.0 Å². The van der Waals surface area contributed by atoms with Crippen LogP contribution in [-0.4, -0.2) is 12.0 Å². The van der Waals surface area contributed by atoms with Gasteiger partial charge in [-0.15, -0.1) is 0 Å². The Hall–Kier alpha value is -2.11. The van der Waals surface area contributed by atoms with Gasteiger partial charge in [0.2, 0.25) is 0 Å². The van der Waals surface area contributed by atoms with E-state index in [4.69, 9.17) is 32.4 Å². The van der Waals surface area contributed by atoms with Crippen molar-refractivity contribution in [1.29, 1.82) is 0 Å². The highest BCUT2D eigenvalue weighted by Gasteiger charge is 2.16. The molecule has 1 atom stereocenters. The molecule has 2 N–H and O–H groups in total. The van der Waals surface area contributed by atoms with Gasteiger partial charge in [0.1, 0.15) is 11.5 Å². The van der Waals surface area contributed by atoms with Crippen LogP contribution < -0.4 is 15.6 Å². The molecule has 0 spiro atoms. The molecular weight excluding hydrogens is 339 g/mol. The first-order chi connectivity index (χ1) is 10.9. The molecular formula is C16H16Cl2N2O3. The highest BCUT2D eigenvalue weighted by atomic mass is 35.5. The van der Waals surface area contributed by atoms with E-state index in [-0.39, 0.29) is 5.91 Å². The normalized spacial score (nSPS) is 11.7. The van der Waals surface area contributed by atoms with E-state index in [2.05, 4.69) is 17.4 Å². The molecule has 23 heavy (non-hydrogen) atoms. The first-order valence-corrected chi connectivity index (χ1v) is 7.55. The van der Waals surface area contributed by atoms with Crippen LogP contribution in [0.3, 0.4) is 0 Å². The number of hydrazine groups is 1. The maximum atomic E-state index is 12.0. The monoisotopic (exact) mass is 354 g/mol. The zero-order chi connectivity index (χ0) is 17.0. The van der Waals surface area contributed by atoms with E-state index in [9.17, 15) is 4.79 Å². The molecule has 0 unspecified atom stereocenters. The number of hydrogen-bond donors (Lipinski definition) is 2. The van der Waals surface area contributed by atoms with Crippen LogP contribution in [0.4, 0.5) is 0 Å². The van der Waals surface area contributed by atoms with Crippen LogP contribution in [0.25, 0.3) is 5.70 Å². The SMILES string of the molecule is C=C(NNC(=O)[C@H](C)Oc1ccc(Cl)cc1Cl)c1ccc(C)o1. The largest absolute Gasteiger partial charge is 0.479 e. The number of rotatable bonds is 6. The molecule has 0 aliphatic rings. The van der Waals surface area contributed by atoms with Crippen LogP contribution in [0, 0.1) is 6.92 Å². The molecule has 1 heterocycles.